The van der Waals surface area contributed by atoms with Crippen LogP contribution in [0.3, 0.4) is 0 Å². The van der Waals surface area contributed by atoms with Crippen LogP contribution >= 0.6 is 34.9 Å². The maximum Gasteiger partial charge on any atom is 0.251 e. The highest BCUT2D eigenvalue weighted by atomic mass is 32.2. The second-order valence-electron chi connectivity index (χ2n) is 8.35. The molecule has 0 aliphatic heterocycles. The Morgan fingerprint density at radius 2 is 1.71 bits per heavy atom. The van der Waals surface area contributed by atoms with Gasteiger partial charge in [-0.15, -0.1) is 20.4 Å². The third-order valence-electron chi connectivity index (χ3n) is 5.34. The highest BCUT2D eigenvalue weighted by Crippen LogP contribution is 2.26. The summed E-state index contributed by atoms with van der Waals surface area (Å²) in [5, 5.41) is 22.5. The minimum absolute atomic E-state index is 0.0102. The molecule has 2 amide bonds. The summed E-state index contributed by atoms with van der Waals surface area (Å²) in [4.78, 5) is 25.4. The van der Waals surface area contributed by atoms with E-state index in [0.29, 0.717) is 21.8 Å². The Hall–Kier alpha value is -3.38. The van der Waals surface area contributed by atoms with E-state index in [0.717, 1.165) is 26.2 Å². The first-order chi connectivity index (χ1) is 19.6. The minimum Gasteiger partial charge on any atom is -0.345 e. The number of halogens is 1. The van der Waals surface area contributed by atoms with E-state index < -0.39 is 21.7 Å². The molecule has 0 aliphatic carbocycles. The van der Waals surface area contributed by atoms with E-state index in [9.17, 15) is 22.4 Å². The van der Waals surface area contributed by atoms with Crippen molar-refractivity contribution in [3.63, 3.8) is 0 Å². The van der Waals surface area contributed by atoms with Gasteiger partial charge in [0.05, 0.1) is 17.2 Å². The fraction of sp³-hybridized carbons (Fsp3) is 0.250. The zero-order chi connectivity index (χ0) is 29.6. The molecule has 2 N–H and O–H groups in total. The maximum atomic E-state index is 13.6. The molecule has 0 unspecified atom stereocenters. The fourth-order valence-electron chi connectivity index (χ4n) is 3.34. The quantitative estimate of drug-likeness (QED) is 0.175. The van der Waals surface area contributed by atoms with Gasteiger partial charge < -0.3 is 5.32 Å². The van der Waals surface area contributed by atoms with Crippen LogP contribution in [0, 0.1) is 5.82 Å². The van der Waals surface area contributed by atoms with Crippen LogP contribution < -0.4 is 10.6 Å². The van der Waals surface area contributed by atoms with Crippen molar-refractivity contribution in [1.29, 1.82) is 0 Å². The van der Waals surface area contributed by atoms with Gasteiger partial charge in [0.1, 0.15) is 5.82 Å². The average molecular weight is 637 g/mol. The minimum atomic E-state index is -3.63. The molecule has 0 fully saturated rings. The number of thioether (sulfide) groups is 2. The topological polar surface area (TPSA) is 152 Å². The molecule has 4 aromatic rings. The molecule has 41 heavy (non-hydrogen) atoms. The number of amides is 2. The number of carbonyl (C=O) groups excluding carboxylic acids is 2. The standard InChI is InChI=1S/C24H25FN8O4S4/c1-4-38-24-31-29-22(40-24)27-20(34)14-39-23-30-28-19(33(23)17-9-7-16(25)8-10-17)13-26-21(35)15-5-11-18(12-6-15)41(36,37)32(2)3/h5-12H,4,13-14H2,1-3H3,(H,26,35)(H,27,29,34). The van der Waals surface area contributed by atoms with Gasteiger partial charge in [0, 0.05) is 25.3 Å². The van der Waals surface area contributed by atoms with E-state index in [1.807, 2.05) is 6.92 Å². The summed E-state index contributed by atoms with van der Waals surface area (Å²) >= 11 is 3.92. The Morgan fingerprint density at radius 1 is 1.00 bits per heavy atom. The molecule has 0 bridgehead atoms. The van der Waals surface area contributed by atoms with Crippen LogP contribution in [-0.2, 0) is 21.4 Å². The number of benzene rings is 2. The number of carbonyl (C=O) groups is 2. The second kappa shape index (κ2) is 13.5. The van der Waals surface area contributed by atoms with Gasteiger partial charge in [0.25, 0.3) is 5.91 Å². The molecule has 0 spiro atoms. The first kappa shape index (κ1) is 30.6. The van der Waals surface area contributed by atoms with Gasteiger partial charge >= 0.3 is 0 Å². The summed E-state index contributed by atoms with van der Waals surface area (Å²) in [6.45, 7) is 1.95. The summed E-state index contributed by atoms with van der Waals surface area (Å²) < 4.78 is 41.6. The third kappa shape index (κ3) is 7.68. The molecule has 2 aromatic carbocycles. The number of hydrogen-bond acceptors (Lipinski definition) is 11. The molecule has 12 nitrogen and oxygen atoms in total. The lowest BCUT2D eigenvalue weighted by molar-refractivity contribution is -0.113. The highest BCUT2D eigenvalue weighted by molar-refractivity contribution is 8.01. The number of hydrogen-bond donors (Lipinski definition) is 2. The first-order valence-corrected chi connectivity index (χ1v) is 16.2. The normalized spacial score (nSPS) is 11.5. The van der Waals surface area contributed by atoms with Gasteiger partial charge in [-0.2, -0.15) is 0 Å². The maximum absolute atomic E-state index is 13.6. The predicted molar refractivity (Wildman–Crippen MR) is 155 cm³/mol. The predicted octanol–water partition coefficient (Wildman–Crippen LogP) is 3.28. The molecular weight excluding hydrogens is 612 g/mol. The molecule has 4 rings (SSSR count). The zero-order valence-electron chi connectivity index (χ0n) is 22.1. The zero-order valence-corrected chi connectivity index (χ0v) is 25.3. The van der Waals surface area contributed by atoms with Crippen molar-refractivity contribution in [2.45, 2.75) is 27.9 Å². The van der Waals surface area contributed by atoms with Gasteiger partial charge in [-0.25, -0.2) is 17.1 Å². The Kier molecular flexibility index (Phi) is 10.1. The largest absolute Gasteiger partial charge is 0.345 e. The highest BCUT2D eigenvalue weighted by Gasteiger charge is 2.20. The van der Waals surface area contributed by atoms with Crippen LogP contribution in [-0.4, -0.2) is 75.1 Å². The Morgan fingerprint density at radius 3 is 2.37 bits per heavy atom. The second-order valence-corrected chi connectivity index (χ2v) is 13.9. The van der Waals surface area contributed by atoms with Crippen LogP contribution in [0.4, 0.5) is 9.52 Å². The number of anilines is 1. The molecule has 216 valence electrons. The van der Waals surface area contributed by atoms with Crippen molar-refractivity contribution in [2.75, 3.05) is 30.9 Å². The smallest absolute Gasteiger partial charge is 0.251 e. The van der Waals surface area contributed by atoms with Gasteiger partial charge in [0.15, 0.2) is 15.3 Å². The number of nitrogens with zero attached hydrogens (tertiary/aromatic N) is 6. The van der Waals surface area contributed by atoms with Crippen molar-refractivity contribution in [2.24, 2.45) is 0 Å². The SMILES string of the molecule is CCSc1nnc(NC(=O)CSc2nnc(CNC(=O)c3ccc(S(=O)(=O)N(C)C)cc3)n2-c2ccc(F)cc2)s1. The number of sulfonamides is 1. The molecule has 2 heterocycles. The van der Waals surface area contributed by atoms with E-state index in [1.54, 1.807) is 4.57 Å². The monoisotopic (exact) mass is 636 g/mol. The van der Waals surface area contributed by atoms with Crippen LogP contribution in [0.1, 0.15) is 23.1 Å². The molecule has 2 aromatic heterocycles. The van der Waals surface area contributed by atoms with Gasteiger partial charge in [-0.3, -0.25) is 19.5 Å². The molecule has 17 heteroatoms. The molecular formula is C24H25FN8O4S4. The van der Waals surface area contributed by atoms with Crippen molar-refractivity contribution in [1.82, 2.24) is 34.6 Å². The van der Waals surface area contributed by atoms with Gasteiger partial charge in [-0.05, 0) is 54.3 Å². The molecule has 0 saturated heterocycles. The van der Waals surface area contributed by atoms with Crippen LogP contribution in [0.25, 0.3) is 5.69 Å². The summed E-state index contributed by atoms with van der Waals surface area (Å²) in [6.07, 6.45) is 0. The fourth-order valence-corrected chi connectivity index (χ4v) is 6.67. The summed E-state index contributed by atoms with van der Waals surface area (Å²) in [6, 6.07) is 11.2. The molecule has 0 radical (unpaired) electrons. The Labute approximate surface area is 248 Å². The van der Waals surface area contributed by atoms with Crippen molar-refractivity contribution in [3.05, 3.63) is 65.7 Å². The number of nitrogens with one attached hydrogen (secondary N) is 2. The van der Waals surface area contributed by atoms with Gasteiger partial charge in [-0.1, -0.05) is 41.8 Å². The number of rotatable bonds is 12. The summed E-state index contributed by atoms with van der Waals surface area (Å²) in [5.41, 5.74) is 0.783. The van der Waals surface area contributed by atoms with E-state index in [2.05, 4.69) is 31.0 Å². The lowest BCUT2D eigenvalue weighted by Crippen LogP contribution is -2.25. The summed E-state index contributed by atoms with van der Waals surface area (Å²) in [5.74, 6) is -0.0361. The van der Waals surface area contributed by atoms with Crippen molar-refractivity contribution < 1.29 is 22.4 Å². The van der Waals surface area contributed by atoms with Gasteiger partial charge in [0.2, 0.25) is 21.1 Å². The Bertz CT molecular complexity index is 1620. The van der Waals surface area contributed by atoms with Crippen LogP contribution in [0.15, 0.2) is 62.9 Å². The van der Waals surface area contributed by atoms with E-state index in [4.69, 9.17) is 0 Å². The van der Waals surface area contributed by atoms with Crippen LogP contribution in [0.2, 0.25) is 0 Å². The lowest BCUT2D eigenvalue weighted by Gasteiger charge is -2.12. The van der Waals surface area contributed by atoms with E-state index >= 15 is 0 Å². The Balaban J connectivity index is 1.46. The molecule has 0 aliphatic rings. The molecule has 0 atom stereocenters. The van der Waals surface area contributed by atoms with Crippen molar-refractivity contribution >= 4 is 61.8 Å². The molecule has 0 saturated carbocycles. The van der Waals surface area contributed by atoms with E-state index in [-0.39, 0.29) is 28.7 Å². The first-order valence-electron chi connectivity index (χ1n) is 12.0. The lowest BCUT2D eigenvalue weighted by atomic mass is 10.2. The summed E-state index contributed by atoms with van der Waals surface area (Å²) in [7, 11) is -0.780. The van der Waals surface area contributed by atoms with E-state index in [1.165, 1.54) is 85.7 Å². The average Bonchev–Trinajstić information content (AvgIpc) is 3.57. The van der Waals surface area contributed by atoms with Crippen molar-refractivity contribution in [3.8, 4) is 5.69 Å². The number of aromatic nitrogens is 5. The van der Waals surface area contributed by atoms with Crippen LogP contribution in [0.5, 0.6) is 0 Å². The third-order valence-corrected chi connectivity index (χ3v) is 9.95.